The Kier molecular flexibility index (Phi) is 3.14. The number of fused-ring (bicyclic) bond motifs is 1. The van der Waals surface area contributed by atoms with E-state index in [1.54, 1.807) is 17.3 Å². The number of aromatic nitrogens is 1. The summed E-state index contributed by atoms with van der Waals surface area (Å²) in [5.74, 6) is 0. The van der Waals surface area contributed by atoms with Gasteiger partial charge in [0.15, 0.2) is 0 Å². The Bertz CT molecular complexity index is 583. The van der Waals surface area contributed by atoms with Gasteiger partial charge in [0.2, 0.25) is 0 Å². The average molecular weight is 253 g/mol. The summed E-state index contributed by atoms with van der Waals surface area (Å²) < 4.78 is 0. The van der Waals surface area contributed by atoms with E-state index in [0.717, 1.165) is 24.2 Å². The van der Waals surface area contributed by atoms with Gasteiger partial charge in [-0.05, 0) is 35.7 Å². The summed E-state index contributed by atoms with van der Waals surface area (Å²) in [5, 5.41) is 2.94. The van der Waals surface area contributed by atoms with Crippen LogP contribution < -0.4 is 10.2 Å². The molecule has 1 aromatic carbocycles. The normalized spacial score (nSPS) is 13.2. The third kappa shape index (κ3) is 2.42. The fraction of sp³-hybridized carbons (Fsp3) is 0.200. The maximum Gasteiger partial charge on any atom is 0.322 e. The third-order valence-electron chi connectivity index (χ3n) is 3.33. The van der Waals surface area contributed by atoms with Crippen molar-refractivity contribution in [2.24, 2.45) is 0 Å². The standard InChI is InChI=1S/C15H15N3O/c19-15(17-11-12-5-8-16-9-6-12)18-10-7-13-3-1-2-4-14(13)18/h1-6,8-9H,7,10-11H2,(H,17,19). The summed E-state index contributed by atoms with van der Waals surface area (Å²) in [6.07, 6.45) is 4.39. The summed E-state index contributed by atoms with van der Waals surface area (Å²) in [6, 6.07) is 11.8. The maximum atomic E-state index is 12.2. The van der Waals surface area contributed by atoms with Gasteiger partial charge < -0.3 is 5.32 Å². The molecule has 1 aromatic heterocycles. The van der Waals surface area contributed by atoms with Gasteiger partial charge in [0.05, 0.1) is 0 Å². The number of anilines is 1. The maximum absolute atomic E-state index is 12.2. The van der Waals surface area contributed by atoms with E-state index in [1.807, 2.05) is 30.3 Å². The minimum atomic E-state index is -0.0400. The summed E-state index contributed by atoms with van der Waals surface area (Å²) >= 11 is 0. The van der Waals surface area contributed by atoms with E-state index < -0.39 is 0 Å². The van der Waals surface area contributed by atoms with Crippen LogP contribution >= 0.6 is 0 Å². The Morgan fingerprint density at radius 3 is 2.84 bits per heavy atom. The Balaban J connectivity index is 1.66. The fourth-order valence-electron chi connectivity index (χ4n) is 2.32. The number of amides is 2. The summed E-state index contributed by atoms with van der Waals surface area (Å²) in [5.41, 5.74) is 3.31. The second-order valence-corrected chi connectivity index (χ2v) is 4.54. The van der Waals surface area contributed by atoms with E-state index in [4.69, 9.17) is 0 Å². The van der Waals surface area contributed by atoms with Gasteiger partial charge in [0, 0.05) is 31.2 Å². The number of para-hydroxylation sites is 1. The number of nitrogens with zero attached hydrogens (tertiary/aromatic N) is 2. The van der Waals surface area contributed by atoms with Crippen LogP contribution in [0.4, 0.5) is 10.5 Å². The van der Waals surface area contributed by atoms with Gasteiger partial charge in [-0.25, -0.2) is 4.79 Å². The van der Waals surface area contributed by atoms with Gasteiger partial charge in [-0.15, -0.1) is 0 Å². The fourth-order valence-corrected chi connectivity index (χ4v) is 2.32. The van der Waals surface area contributed by atoms with Crippen LogP contribution in [0.25, 0.3) is 0 Å². The molecule has 1 aliphatic heterocycles. The minimum Gasteiger partial charge on any atom is -0.334 e. The van der Waals surface area contributed by atoms with Crippen molar-refractivity contribution in [1.29, 1.82) is 0 Å². The average Bonchev–Trinajstić information content (AvgIpc) is 2.90. The highest BCUT2D eigenvalue weighted by Crippen LogP contribution is 2.27. The highest BCUT2D eigenvalue weighted by atomic mass is 16.2. The first kappa shape index (κ1) is 11.7. The number of hydrogen-bond acceptors (Lipinski definition) is 2. The van der Waals surface area contributed by atoms with Crippen LogP contribution in [0.15, 0.2) is 48.8 Å². The van der Waals surface area contributed by atoms with Gasteiger partial charge in [0.25, 0.3) is 0 Å². The Hall–Kier alpha value is -2.36. The smallest absolute Gasteiger partial charge is 0.322 e. The molecule has 2 amide bonds. The number of pyridine rings is 1. The van der Waals surface area contributed by atoms with Gasteiger partial charge in [-0.3, -0.25) is 9.88 Å². The number of carbonyl (C=O) groups excluding carboxylic acids is 1. The molecule has 1 N–H and O–H groups in total. The predicted octanol–water partition coefficient (Wildman–Crippen LogP) is 2.35. The Morgan fingerprint density at radius 1 is 1.21 bits per heavy atom. The van der Waals surface area contributed by atoms with Gasteiger partial charge in [-0.2, -0.15) is 0 Å². The molecule has 0 fully saturated rings. The van der Waals surface area contributed by atoms with E-state index in [0.29, 0.717) is 6.54 Å². The van der Waals surface area contributed by atoms with E-state index in [9.17, 15) is 4.79 Å². The second-order valence-electron chi connectivity index (χ2n) is 4.54. The summed E-state index contributed by atoms with van der Waals surface area (Å²) in [7, 11) is 0. The number of urea groups is 1. The molecule has 0 unspecified atom stereocenters. The number of nitrogens with one attached hydrogen (secondary N) is 1. The van der Waals surface area contributed by atoms with Crippen LogP contribution in [-0.4, -0.2) is 17.6 Å². The molecular formula is C15H15N3O. The van der Waals surface area contributed by atoms with Crippen LogP contribution in [0.5, 0.6) is 0 Å². The predicted molar refractivity (Wildman–Crippen MR) is 74.0 cm³/mol. The lowest BCUT2D eigenvalue weighted by Crippen LogP contribution is -2.38. The molecule has 2 heterocycles. The van der Waals surface area contributed by atoms with Crippen molar-refractivity contribution in [3.8, 4) is 0 Å². The first-order valence-corrected chi connectivity index (χ1v) is 6.37. The number of rotatable bonds is 2. The molecule has 0 saturated heterocycles. The third-order valence-corrected chi connectivity index (χ3v) is 3.33. The molecule has 4 heteroatoms. The first-order valence-electron chi connectivity index (χ1n) is 6.37. The first-order chi connectivity index (χ1) is 9.34. The number of benzene rings is 1. The molecule has 2 aromatic rings. The van der Waals surface area contributed by atoms with Crippen LogP contribution in [0.3, 0.4) is 0 Å². The lowest BCUT2D eigenvalue weighted by molar-refractivity contribution is 0.246. The Labute approximate surface area is 112 Å². The molecule has 96 valence electrons. The molecule has 0 saturated carbocycles. The van der Waals surface area contributed by atoms with E-state index in [-0.39, 0.29) is 6.03 Å². The van der Waals surface area contributed by atoms with E-state index >= 15 is 0 Å². The van der Waals surface area contributed by atoms with Crippen LogP contribution in [0.2, 0.25) is 0 Å². The van der Waals surface area contributed by atoms with Gasteiger partial charge in [-0.1, -0.05) is 18.2 Å². The van der Waals surface area contributed by atoms with Crippen LogP contribution in [-0.2, 0) is 13.0 Å². The molecule has 0 bridgehead atoms. The SMILES string of the molecule is O=C(NCc1ccncc1)N1CCc2ccccc21. The zero-order valence-electron chi connectivity index (χ0n) is 10.5. The van der Waals surface area contributed by atoms with Gasteiger partial charge >= 0.3 is 6.03 Å². The van der Waals surface area contributed by atoms with Crippen molar-refractivity contribution in [1.82, 2.24) is 10.3 Å². The molecular weight excluding hydrogens is 238 g/mol. The quantitative estimate of drug-likeness (QED) is 0.893. The van der Waals surface area contributed by atoms with Crippen LogP contribution in [0, 0.1) is 0 Å². The Morgan fingerprint density at radius 2 is 2.00 bits per heavy atom. The molecule has 0 radical (unpaired) electrons. The molecule has 0 spiro atoms. The van der Waals surface area contributed by atoms with E-state index in [2.05, 4.69) is 16.4 Å². The summed E-state index contributed by atoms with van der Waals surface area (Å²) in [4.78, 5) is 17.9. The monoisotopic (exact) mass is 253 g/mol. The zero-order chi connectivity index (χ0) is 13.1. The number of carbonyl (C=O) groups is 1. The lowest BCUT2D eigenvalue weighted by atomic mass is 10.2. The van der Waals surface area contributed by atoms with Crippen molar-refractivity contribution >= 4 is 11.7 Å². The topological polar surface area (TPSA) is 45.2 Å². The molecule has 19 heavy (non-hydrogen) atoms. The van der Waals surface area contributed by atoms with Crippen molar-refractivity contribution in [3.63, 3.8) is 0 Å². The molecule has 0 aliphatic carbocycles. The highest BCUT2D eigenvalue weighted by molar-refractivity contribution is 5.94. The molecule has 3 rings (SSSR count). The lowest BCUT2D eigenvalue weighted by Gasteiger charge is -2.18. The zero-order valence-corrected chi connectivity index (χ0v) is 10.5. The van der Waals surface area contributed by atoms with Crippen molar-refractivity contribution < 1.29 is 4.79 Å². The highest BCUT2D eigenvalue weighted by Gasteiger charge is 2.23. The van der Waals surface area contributed by atoms with Crippen LogP contribution in [0.1, 0.15) is 11.1 Å². The largest absolute Gasteiger partial charge is 0.334 e. The van der Waals surface area contributed by atoms with E-state index in [1.165, 1.54) is 5.56 Å². The number of hydrogen-bond donors (Lipinski definition) is 1. The van der Waals surface area contributed by atoms with Crippen molar-refractivity contribution in [3.05, 3.63) is 59.9 Å². The molecule has 4 nitrogen and oxygen atoms in total. The van der Waals surface area contributed by atoms with Gasteiger partial charge in [0.1, 0.15) is 0 Å². The molecule has 0 atom stereocenters. The summed E-state index contributed by atoms with van der Waals surface area (Å²) in [6.45, 7) is 1.28. The molecule has 1 aliphatic rings. The second kappa shape index (κ2) is 5.10. The minimum absolute atomic E-state index is 0.0400. The van der Waals surface area contributed by atoms with Crippen molar-refractivity contribution in [2.45, 2.75) is 13.0 Å². The van der Waals surface area contributed by atoms with Crippen molar-refractivity contribution in [2.75, 3.05) is 11.4 Å².